The fourth-order valence-electron chi connectivity index (χ4n) is 3.23. The van der Waals surface area contributed by atoms with E-state index in [1.165, 1.54) is 6.07 Å². The Hall–Kier alpha value is -1.03. The maximum atomic E-state index is 14.0. The van der Waals surface area contributed by atoms with Crippen molar-refractivity contribution in [1.82, 2.24) is 5.32 Å². The highest BCUT2D eigenvalue weighted by atomic mass is 19.2. The second-order valence-electron chi connectivity index (χ2n) is 5.86. The average molecular weight is 285 g/mol. The lowest BCUT2D eigenvalue weighted by Gasteiger charge is -2.35. The topological polar surface area (TPSA) is 12.0 Å². The van der Waals surface area contributed by atoms with Gasteiger partial charge in [0.1, 0.15) is 0 Å². The van der Waals surface area contributed by atoms with Gasteiger partial charge in [-0.25, -0.2) is 13.2 Å². The van der Waals surface area contributed by atoms with Crippen LogP contribution in [0.5, 0.6) is 0 Å². The van der Waals surface area contributed by atoms with E-state index >= 15 is 0 Å². The molecule has 0 amide bonds. The molecule has 0 aromatic heterocycles. The molecule has 1 N–H and O–H groups in total. The lowest BCUT2D eigenvalue weighted by atomic mass is 9.71. The standard InChI is InChI=1S/C16H22F3N/c1-3-20-9-11-5-4-10(2)8-13(11)12-6-7-14(17)16(19)15(12)18/h6-7,10-11,13,20H,3-5,8-9H2,1-2H3. The Bertz CT molecular complexity index is 459. The van der Waals surface area contributed by atoms with Gasteiger partial charge in [-0.3, -0.25) is 0 Å². The van der Waals surface area contributed by atoms with E-state index in [1.54, 1.807) is 0 Å². The minimum absolute atomic E-state index is 0.0344. The van der Waals surface area contributed by atoms with Gasteiger partial charge in [0.25, 0.3) is 0 Å². The van der Waals surface area contributed by atoms with Crippen molar-refractivity contribution in [2.45, 2.75) is 39.0 Å². The summed E-state index contributed by atoms with van der Waals surface area (Å²) in [5.41, 5.74) is 0.332. The van der Waals surface area contributed by atoms with Gasteiger partial charge in [-0.15, -0.1) is 0 Å². The predicted molar refractivity (Wildman–Crippen MR) is 74.1 cm³/mol. The quantitative estimate of drug-likeness (QED) is 0.816. The van der Waals surface area contributed by atoms with Crippen molar-refractivity contribution < 1.29 is 13.2 Å². The highest BCUT2D eigenvalue weighted by Crippen LogP contribution is 2.41. The van der Waals surface area contributed by atoms with E-state index in [2.05, 4.69) is 12.2 Å². The first-order chi connectivity index (χ1) is 9.54. The first-order valence-corrected chi connectivity index (χ1v) is 7.38. The van der Waals surface area contributed by atoms with Crippen molar-refractivity contribution in [2.24, 2.45) is 11.8 Å². The molecule has 0 radical (unpaired) electrons. The predicted octanol–water partition coefficient (Wildman–Crippen LogP) is 4.23. The van der Waals surface area contributed by atoms with Gasteiger partial charge >= 0.3 is 0 Å². The van der Waals surface area contributed by atoms with Crippen molar-refractivity contribution in [3.8, 4) is 0 Å². The smallest absolute Gasteiger partial charge is 0.194 e. The molecule has 112 valence electrons. The number of benzene rings is 1. The van der Waals surface area contributed by atoms with Crippen LogP contribution in [0.1, 0.15) is 44.6 Å². The lowest BCUT2D eigenvalue weighted by Crippen LogP contribution is -2.32. The monoisotopic (exact) mass is 285 g/mol. The summed E-state index contributed by atoms with van der Waals surface area (Å²) in [6.45, 7) is 5.82. The molecular weight excluding hydrogens is 263 g/mol. The largest absolute Gasteiger partial charge is 0.317 e. The van der Waals surface area contributed by atoms with Crippen LogP contribution in [-0.4, -0.2) is 13.1 Å². The molecular formula is C16H22F3N. The molecule has 3 atom stereocenters. The Balaban J connectivity index is 2.28. The second-order valence-corrected chi connectivity index (χ2v) is 5.86. The van der Waals surface area contributed by atoms with E-state index in [9.17, 15) is 13.2 Å². The van der Waals surface area contributed by atoms with Crippen molar-refractivity contribution in [3.63, 3.8) is 0 Å². The summed E-state index contributed by atoms with van der Waals surface area (Å²) in [5.74, 6) is -2.73. The summed E-state index contributed by atoms with van der Waals surface area (Å²) in [6.07, 6.45) is 2.94. The summed E-state index contributed by atoms with van der Waals surface area (Å²) in [7, 11) is 0. The number of hydrogen-bond acceptors (Lipinski definition) is 1. The van der Waals surface area contributed by atoms with Gasteiger partial charge in [0.05, 0.1) is 0 Å². The van der Waals surface area contributed by atoms with Gasteiger partial charge in [0.15, 0.2) is 17.5 Å². The van der Waals surface area contributed by atoms with Gasteiger partial charge < -0.3 is 5.32 Å². The number of rotatable bonds is 4. The third-order valence-corrected chi connectivity index (χ3v) is 4.38. The SMILES string of the molecule is CCNCC1CCC(C)CC1c1ccc(F)c(F)c1F. The normalized spacial score (nSPS) is 26.8. The van der Waals surface area contributed by atoms with E-state index in [0.29, 0.717) is 11.5 Å². The Labute approximate surface area is 118 Å². The zero-order valence-electron chi connectivity index (χ0n) is 12.1. The van der Waals surface area contributed by atoms with Crippen LogP contribution < -0.4 is 5.32 Å². The van der Waals surface area contributed by atoms with Gasteiger partial charge in [-0.1, -0.05) is 26.3 Å². The Morgan fingerprint density at radius 3 is 2.60 bits per heavy atom. The van der Waals surface area contributed by atoms with Crippen LogP contribution in [0.4, 0.5) is 13.2 Å². The molecule has 1 nitrogen and oxygen atoms in total. The van der Waals surface area contributed by atoms with Crippen molar-refractivity contribution in [1.29, 1.82) is 0 Å². The molecule has 0 aliphatic heterocycles. The van der Waals surface area contributed by atoms with Gasteiger partial charge in [0.2, 0.25) is 0 Å². The summed E-state index contributed by atoms with van der Waals surface area (Å²) < 4.78 is 40.6. The minimum atomic E-state index is -1.34. The van der Waals surface area contributed by atoms with Gasteiger partial charge in [-0.2, -0.15) is 0 Å². The van der Waals surface area contributed by atoms with Gasteiger partial charge in [0, 0.05) is 0 Å². The van der Waals surface area contributed by atoms with Crippen molar-refractivity contribution in [2.75, 3.05) is 13.1 Å². The number of nitrogens with one attached hydrogen (secondary N) is 1. The zero-order chi connectivity index (χ0) is 14.7. The first kappa shape index (κ1) is 15.4. The molecule has 2 rings (SSSR count). The number of halogens is 3. The summed E-state index contributed by atoms with van der Waals surface area (Å²) in [4.78, 5) is 0. The highest BCUT2D eigenvalue weighted by molar-refractivity contribution is 5.25. The fraction of sp³-hybridized carbons (Fsp3) is 0.625. The lowest BCUT2D eigenvalue weighted by molar-refractivity contribution is 0.237. The molecule has 4 heteroatoms. The van der Waals surface area contributed by atoms with E-state index in [-0.39, 0.29) is 11.8 Å². The summed E-state index contributed by atoms with van der Waals surface area (Å²) in [6, 6.07) is 2.45. The van der Waals surface area contributed by atoms with Crippen LogP contribution in [0.25, 0.3) is 0 Å². The first-order valence-electron chi connectivity index (χ1n) is 7.38. The van der Waals surface area contributed by atoms with Crippen LogP contribution in [0.2, 0.25) is 0 Å². The molecule has 1 aromatic rings. The molecule has 1 aliphatic rings. The molecule has 1 fully saturated rings. The second kappa shape index (κ2) is 6.61. The van der Waals surface area contributed by atoms with Crippen LogP contribution in [-0.2, 0) is 0 Å². The fourth-order valence-corrected chi connectivity index (χ4v) is 3.23. The van der Waals surface area contributed by atoms with Crippen molar-refractivity contribution >= 4 is 0 Å². The van der Waals surface area contributed by atoms with E-state index in [1.807, 2.05) is 6.92 Å². The third kappa shape index (κ3) is 3.17. The Morgan fingerprint density at radius 1 is 1.15 bits per heavy atom. The summed E-state index contributed by atoms with van der Waals surface area (Å²) in [5, 5.41) is 3.29. The summed E-state index contributed by atoms with van der Waals surface area (Å²) >= 11 is 0. The molecule has 1 aromatic carbocycles. The van der Waals surface area contributed by atoms with Gasteiger partial charge in [-0.05, 0) is 55.3 Å². The van der Waals surface area contributed by atoms with Crippen LogP contribution in [0, 0.1) is 29.3 Å². The zero-order valence-corrected chi connectivity index (χ0v) is 12.1. The molecule has 0 saturated heterocycles. The molecule has 20 heavy (non-hydrogen) atoms. The third-order valence-electron chi connectivity index (χ3n) is 4.38. The van der Waals surface area contributed by atoms with Crippen LogP contribution >= 0.6 is 0 Å². The van der Waals surface area contributed by atoms with E-state index in [4.69, 9.17) is 0 Å². The highest BCUT2D eigenvalue weighted by Gasteiger charge is 2.32. The molecule has 0 heterocycles. The van der Waals surface area contributed by atoms with Crippen molar-refractivity contribution in [3.05, 3.63) is 35.1 Å². The maximum Gasteiger partial charge on any atom is 0.194 e. The maximum absolute atomic E-state index is 14.0. The molecule has 0 bridgehead atoms. The Kier molecular flexibility index (Phi) is 5.08. The molecule has 3 unspecified atom stereocenters. The molecule has 1 aliphatic carbocycles. The number of hydrogen-bond donors (Lipinski definition) is 1. The van der Waals surface area contributed by atoms with Crippen LogP contribution in [0.15, 0.2) is 12.1 Å². The molecule has 0 spiro atoms. The van der Waals surface area contributed by atoms with Crippen LogP contribution in [0.3, 0.4) is 0 Å². The molecule has 1 saturated carbocycles. The minimum Gasteiger partial charge on any atom is -0.317 e. The Morgan fingerprint density at radius 2 is 1.90 bits per heavy atom. The average Bonchev–Trinajstić information content (AvgIpc) is 2.44. The van der Waals surface area contributed by atoms with E-state index < -0.39 is 17.5 Å². The van der Waals surface area contributed by atoms with E-state index in [0.717, 1.165) is 38.4 Å².